The van der Waals surface area contributed by atoms with Crippen LogP contribution < -0.4 is 9.47 Å². The maximum absolute atomic E-state index is 12.7. The Labute approximate surface area is 183 Å². The van der Waals surface area contributed by atoms with Crippen LogP contribution in [0.3, 0.4) is 0 Å². The van der Waals surface area contributed by atoms with E-state index in [1.54, 1.807) is 21.1 Å². The van der Waals surface area contributed by atoms with Crippen LogP contribution in [0.25, 0.3) is 11.4 Å². The second-order valence-corrected chi connectivity index (χ2v) is 8.47. The van der Waals surface area contributed by atoms with Crippen molar-refractivity contribution in [2.45, 2.75) is 45.8 Å². The summed E-state index contributed by atoms with van der Waals surface area (Å²) in [6.45, 7) is 8.38. The van der Waals surface area contributed by atoms with E-state index in [4.69, 9.17) is 14.0 Å². The number of amides is 1. The summed E-state index contributed by atoms with van der Waals surface area (Å²) in [5.41, 5.74) is 2.05. The molecule has 0 fully saturated rings. The molecule has 0 spiro atoms. The summed E-state index contributed by atoms with van der Waals surface area (Å²) in [6.07, 6.45) is -0.647. The third-order valence-electron chi connectivity index (χ3n) is 4.93. The number of aromatic nitrogens is 2. The van der Waals surface area contributed by atoms with Gasteiger partial charge in [-0.15, -0.1) is 0 Å². The molecule has 1 atom stereocenters. The summed E-state index contributed by atoms with van der Waals surface area (Å²) < 4.78 is 16.4. The molecule has 0 saturated carbocycles. The number of likely N-dealkylation sites (N-methyl/N-ethyl adjacent to an activating group) is 1. The molecular formula is C24H29N3O4. The molecule has 0 bridgehead atoms. The van der Waals surface area contributed by atoms with Crippen molar-refractivity contribution in [2.75, 3.05) is 14.2 Å². The van der Waals surface area contributed by atoms with Gasteiger partial charge in [0.25, 0.3) is 5.91 Å². The van der Waals surface area contributed by atoms with Gasteiger partial charge < -0.3 is 18.9 Å². The molecule has 1 amide bonds. The molecule has 7 heteroatoms. The molecule has 0 unspecified atom stereocenters. The Morgan fingerprint density at radius 2 is 1.84 bits per heavy atom. The Morgan fingerprint density at radius 1 is 1.13 bits per heavy atom. The summed E-state index contributed by atoms with van der Waals surface area (Å²) in [5, 5.41) is 4.00. The molecule has 1 aromatic heterocycles. The molecule has 1 heterocycles. The second kappa shape index (κ2) is 9.20. The predicted octanol–water partition coefficient (Wildman–Crippen LogP) is 4.47. The monoisotopic (exact) mass is 423 g/mol. The minimum atomic E-state index is -0.647. The molecule has 3 rings (SSSR count). The van der Waals surface area contributed by atoms with E-state index in [0.29, 0.717) is 23.2 Å². The Kier molecular flexibility index (Phi) is 6.63. The lowest BCUT2D eigenvalue weighted by molar-refractivity contribution is -0.137. The van der Waals surface area contributed by atoms with Gasteiger partial charge >= 0.3 is 0 Å². The average Bonchev–Trinajstić information content (AvgIpc) is 3.21. The van der Waals surface area contributed by atoms with Gasteiger partial charge in [-0.25, -0.2) is 0 Å². The van der Waals surface area contributed by atoms with Crippen molar-refractivity contribution < 1.29 is 18.8 Å². The van der Waals surface area contributed by atoms with Crippen LogP contribution in [0.1, 0.15) is 39.1 Å². The van der Waals surface area contributed by atoms with Crippen LogP contribution in [0.4, 0.5) is 0 Å². The topological polar surface area (TPSA) is 77.7 Å². The number of nitrogens with zero attached hydrogens (tertiary/aromatic N) is 3. The fourth-order valence-electron chi connectivity index (χ4n) is 3.08. The van der Waals surface area contributed by atoms with Crippen molar-refractivity contribution in [3.63, 3.8) is 0 Å². The summed E-state index contributed by atoms with van der Waals surface area (Å²) in [4.78, 5) is 18.6. The van der Waals surface area contributed by atoms with Crippen LogP contribution in [0.5, 0.6) is 11.5 Å². The zero-order chi connectivity index (χ0) is 22.6. The summed E-state index contributed by atoms with van der Waals surface area (Å²) in [6, 6.07) is 15.2. The van der Waals surface area contributed by atoms with Crippen LogP contribution in [-0.2, 0) is 16.8 Å². The van der Waals surface area contributed by atoms with E-state index in [-0.39, 0.29) is 17.9 Å². The molecule has 0 aliphatic rings. The molecule has 0 aliphatic carbocycles. The van der Waals surface area contributed by atoms with Crippen molar-refractivity contribution in [1.29, 1.82) is 0 Å². The van der Waals surface area contributed by atoms with E-state index in [1.165, 1.54) is 10.5 Å². The lowest BCUT2D eigenvalue weighted by Gasteiger charge is -2.22. The van der Waals surface area contributed by atoms with Crippen LogP contribution in [0.15, 0.2) is 53.1 Å². The number of methoxy groups -OCH3 is 1. The SMILES string of the molecule is COc1cccc(-c2noc(CN(C)C(=O)[C@@H](C)Oc3ccc(C(C)(C)C)cc3)n2)c1. The van der Waals surface area contributed by atoms with Crippen LogP contribution >= 0.6 is 0 Å². The van der Waals surface area contributed by atoms with E-state index in [0.717, 1.165) is 5.56 Å². The van der Waals surface area contributed by atoms with Gasteiger partial charge in [0.05, 0.1) is 13.7 Å². The Morgan fingerprint density at radius 3 is 2.48 bits per heavy atom. The number of hydrogen-bond donors (Lipinski definition) is 0. The molecule has 31 heavy (non-hydrogen) atoms. The maximum Gasteiger partial charge on any atom is 0.263 e. The number of benzene rings is 2. The van der Waals surface area contributed by atoms with Crippen molar-refractivity contribution in [3.8, 4) is 22.9 Å². The Hall–Kier alpha value is -3.35. The fourth-order valence-corrected chi connectivity index (χ4v) is 3.08. The molecule has 0 N–H and O–H groups in total. The molecule has 2 aromatic carbocycles. The first-order chi connectivity index (χ1) is 14.7. The first-order valence-electron chi connectivity index (χ1n) is 10.2. The van der Waals surface area contributed by atoms with E-state index < -0.39 is 6.10 Å². The number of carbonyl (C=O) groups is 1. The van der Waals surface area contributed by atoms with Crippen molar-refractivity contribution >= 4 is 5.91 Å². The predicted molar refractivity (Wildman–Crippen MR) is 118 cm³/mol. The lowest BCUT2D eigenvalue weighted by Crippen LogP contribution is -2.37. The fraction of sp³-hybridized carbons (Fsp3) is 0.375. The van der Waals surface area contributed by atoms with Crippen molar-refractivity contribution in [3.05, 3.63) is 60.0 Å². The van der Waals surface area contributed by atoms with Crippen molar-refractivity contribution in [1.82, 2.24) is 15.0 Å². The summed E-state index contributed by atoms with van der Waals surface area (Å²) >= 11 is 0. The average molecular weight is 424 g/mol. The van der Waals surface area contributed by atoms with Gasteiger partial charge in [0, 0.05) is 12.6 Å². The molecule has 3 aromatic rings. The Bertz CT molecular complexity index is 1020. The quantitative estimate of drug-likeness (QED) is 0.558. The molecule has 0 saturated heterocycles. The highest BCUT2D eigenvalue weighted by atomic mass is 16.5. The van der Waals surface area contributed by atoms with Gasteiger partial charge in [0.1, 0.15) is 11.5 Å². The molecule has 0 radical (unpaired) electrons. The second-order valence-electron chi connectivity index (χ2n) is 8.47. The zero-order valence-corrected chi connectivity index (χ0v) is 18.9. The van der Waals surface area contributed by atoms with Crippen molar-refractivity contribution in [2.24, 2.45) is 0 Å². The van der Waals surface area contributed by atoms with E-state index in [1.807, 2.05) is 48.5 Å². The van der Waals surface area contributed by atoms with Gasteiger partial charge in [-0.05, 0) is 42.2 Å². The van der Waals surface area contributed by atoms with Crippen LogP contribution in [0.2, 0.25) is 0 Å². The van der Waals surface area contributed by atoms with E-state index in [2.05, 4.69) is 30.9 Å². The normalized spacial score (nSPS) is 12.3. The molecule has 7 nitrogen and oxygen atoms in total. The van der Waals surface area contributed by atoms with Gasteiger partial charge in [-0.3, -0.25) is 4.79 Å². The highest BCUT2D eigenvalue weighted by Crippen LogP contribution is 2.25. The minimum absolute atomic E-state index is 0.0635. The summed E-state index contributed by atoms with van der Waals surface area (Å²) in [5.74, 6) is 1.97. The molecular weight excluding hydrogens is 394 g/mol. The zero-order valence-electron chi connectivity index (χ0n) is 18.9. The lowest BCUT2D eigenvalue weighted by atomic mass is 9.87. The first-order valence-corrected chi connectivity index (χ1v) is 10.2. The number of rotatable bonds is 7. The van der Waals surface area contributed by atoms with Gasteiger partial charge in [-0.2, -0.15) is 4.98 Å². The smallest absolute Gasteiger partial charge is 0.263 e. The minimum Gasteiger partial charge on any atom is -0.497 e. The van der Waals surface area contributed by atoms with Gasteiger partial charge in [0.15, 0.2) is 6.10 Å². The highest BCUT2D eigenvalue weighted by molar-refractivity contribution is 5.80. The standard InChI is InChI=1S/C24H29N3O4/c1-16(30-19-12-10-18(11-13-19)24(2,3)4)23(28)27(5)15-21-25-22(26-31-21)17-8-7-9-20(14-17)29-6/h7-14,16H,15H2,1-6H3/t16-/m1/s1. The third-order valence-corrected chi connectivity index (χ3v) is 4.93. The number of ether oxygens (including phenoxy) is 2. The molecule has 164 valence electrons. The van der Waals surface area contributed by atoms with Crippen LogP contribution in [0, 0.1) is 0 Å². The number of carbonyl (C=O) groups excluding carboxylic acids is 1. The van der Waals surface area contributed by atoms with Gasteiger partial charge in [-0.1, -0.05) is 50.2 Å². The highest BCUT2D eigenvalue weighted by Gasteiger charge is 2.22. The first kappa shape index (κ1) is 22.3. The largest absolute Gasteiger partial charge is 0.497 e. The van der Waals surface area contributed by atoms with E-state index in [9.17, 15) is 4.79 Å². The molecule has 0 aliphatic heterocycles. The third kappa shape index (κ3) is 5.63. The Balaban J connectivity index is 1.60. The van der Waals surface area contributed by atoms with Crippen LogP contribution in [-0.4, -0.2) is 41.2 Å². The van der Waals surface area contributed by atoms with Gasteiger partial charge in [0.2, 0.25) is 11.7 Å². The number of hydrogen-bond acceptors (Lipinski definition) is 6. The summed E-state index contributed by atoms with van der Waals surface area (Å²) in [7, 11) is 3.28. The van der Waals surface area contributed by atoms with E-state index >= 15 is 0 Å². The maximum atomic E-state index is 12.7.